The molecule has 2 aliphatic rings. The lowest BCUT2D eigenvalue weighted by Gasteiger charge is -2.28. The lowest BCUT2D eigenvalue weighted by Crippen LogP contribution is -2.42. The van der Waals surface area contributed by atoms with Crippen LogP contribution in [0.2, 0.25) is 0 Å². The maximum atomic E-state index is 12.0. The Labute approximate surface area is 136 Å². The number of nitrogens with one attached hydrogen (secondary N) is 1. The molecule has 0 aliphatic heterocycles. The van der Waals surface area contributed by atoms with E-state index >= 15 is 0 Å². The zero-order chi connectivity index (χ0) is 16.4. The van der Waals surface area contributed by atoms with Gasteiger partial charge in [-0.05, 0) is 56.1 Å². The van der Waals surface area contributed by atoms with Crippen molar-refractivity contribution < 1.29 is 19.4 Å². The van der Waals surface area contributed by atoms with Gasteiger partial charge in [-0.3, -0.25) is 4.79 Å². The molecule has 0 saturated heterocycles. The van der Waals surface area contributed by atoms with E-state index in [9.17, 15) is 14.7 Å². The first-order valence-electron chi connectivity index (χ1n) is 8.29. The molecule has 5 heteroatoms. The molecule has 0 radical (unpaired) electrons. The smallest absolute Gasteiger partial charge is 0.342 e. The molecular formula is C18H23NO4. The zero-order valence-corrected chi connectivity index (χ0v) is 13.3. The van der Waals surface area contributed by atoms with E-state index in [0.717, 1.165) is 11.8 Å². The Morgan fingerprint density at radius 2 is 2.09 bits per heavy atom. The van der Waals surface area contributed by atoms with Crippen LogP contribution in [0.4, 0.5) is 0 Å². The summed E-state index contributed by atoms with van der Waals surface area (Å²) in [6, 6.07) is 6.24. The highest BCUT2D eigenvalue weighted by molar-refractivity contribution is 5.93. The van der Waals surface area contributed by atoms with Gasteiger partial charge in [-0.1, -0.05) is 18.6 Å². The van der Waals surface area contributed by atoms with E-state index in [1.807, 2.05) is 6.92 Å². The maximum Gasteiger partial charge on any atom is 0.342 e. The molecule has 2 N–H and O–H groups in total. The van der Waals surface area contributed by atoms with Crippen molar-refractivity contribution in [2.45, 2.75) is 38.6 Å². The average Bonchev–Trinajstić information content (AvgIpc) is 3.16. The Hall–Kier alpha value is -2.04. The highest BCUT2D eigenvalue weighted by Crippen LogP contribution is 2.49. The number of carbonyl (C=O) groups is 2. The van der Waals surface area contributed by atoms with E-state index in [2.05, 4.69) is 5.32 Å². The van der Waals surface area contributed by atoms with Gasteiger partial charge in [0.1, 0.15) is 11.3 Å². The van der Waals surface area contributed by atoms with Crippen LogP contribution < -0.4 is 5.32 Å². The van der Waals surface area contributed by atoms with Gasteiger partial charge in [0.25, 0.3) is 5.91 Å². The van der Waals surface area contributed by atoms with Gasteiger partial charge in [-0.25, -0.2) is 4.79 Å². The second-order valence-corrected chi connectivity index (χ2v) is 6.79. The zero-order valence-electron chi connectivity index (χ0n) is 13.3. The summed E-state index contributed by atoms with van der Waals surface area (Å²) in [6.45, 7) is 1.71. The molecule has 1 aromatic carbocycles. The van der Waals surface area contributed by atoms with Crippen LogP contribution in [0.25, 0.3) is 0 Å². The predicted octanol–water partition coefficient (Wildman–Crippen LogP) is 2.49. The van der Waals surface area contributed by atoms with Crippen molar-refractivity contribution >= 4 is 11.9 Å². The van der Waals surface area contributed by atoms with Gasteiger partial charge in [-0.15, -0.1) is 0 Å². The molecule has 1 aromatic rings. The first-order chi connectivity index (χ1) is 11.0. The number of rotatable bonds is 5. The molecule has 4 atom stereocenters. The Kier molecular flexibility index (Phi) is 4.55. The number of phenolic OH excluding ortho intramolecular Hbond substituents is 1. The molecule has 23 heavy (non-hydrogen) atoms. The van der Waals surface area contributed by atoms with Crippen LogP contribution in [0.5, 0.6) is 5.75 Å². The van der Waals surface area contributed by atoms with Gasteiger partial charge in [0.15, 0.2) is 6.61 Å². The molecule has 0 spiro atoms. The molecule has 2 bridgehead atoms. The summed E-state index contributed by atoms with van der Waals surface area (Å²) >= 11 is 0. The largest absolute Gasteiger partial charge is 0.507 e. The van der Waals surface area contributed by atoms with Crippen molar-refractivity contribution in [3.05, 3.63) is 29.8 Å². The molecule has 5 nitrogen and oxygen atoms in total. The summed E-state index contributed by atoms with van der Waals surface area (Å²) < 4.78 is 4.99. The minimum atomic E-state index is -0.689. The van der Waals surface area contributed by atoms with Crippen molar-refractivity contribution in [3.8, 4) is 5.75 Å². The number of carbonyl (C=O) groups excluding carboxylic acids is 2. The van der Waals surface area contributed by atoms with Crippen LogP contribution >= 0.6 is 0 Å². The van der Waals surface area contributed by atoms with Crippen LogP contribution in [-0.4, -0.2) is 29.6 Å². The number of ether oxygens (including phenoxy) is 1. The van der Waals surface area contributed by atoms with Crippen molar-refractivity contribution in [2.75, 3.05) is 6.61 Å². The fourth-order valence-corrected chi connectivity index (χ4v) is 4.16. The number of esters is 1. The van der Waals surface area contributed by atoms with Gasteiger partial charge in [0.05, 0.1) is 0 Å². The maximum absolute atomic E-state index is 12.0. The van der Waals surface area contributed by atoms with Gasteiger partial charge < -0.3 is 15.2 Å². The summed E-state index contributed by atoms with van der Waals surface area (Å²) in [5.74, 6) is 0.997. The number of aromatic hydroxyl groups is 1. The first-order valence-corrected chi connectivity index (χ1v) is 8.29. The molecule has 0 unspecified atom stereocenters. The van der Waals surface area contributed by atoms with Gasteiger partial charge >= 0.3 is 5.97 Å². The van der Waals surface area contributed by atoms with Crippen molar-refractivity contribution in [2.24, 2.45) is 17.8 Å². The van der Waals surface area contributed by atoms with E-state index in [-0.39, 0.29) is 29.9 Å². The molecule has 3 rings (SSSR count). The summed E-state index contributed by atoms with van der Waals surface area (Å²) in [7, 11) is 0. The number of hydrogen-bond acceptors (Lipinski definition) is 4. The van der Waals surface area contributed by atoms with E-state index in [4.69, 9.17) is 4.74 Å². The third-order valence-electron chi connectivity index (χ3n) is 5.28. The number of phenols is 1. The normalized spacial score (nSPS) is 26.7. The molecule has 1 amide bonds. The van der Waals surface area contributed by atoms with Crippen molar-refractivity contribution in [1.82, 2.24) is 5.32 Å². The number of fused-ring (bicyclic) bond motifs is 2. The first kappa shape index (κ1) is 15.8. The summed E-state index contributed by atoms with van der Waals surface area (Å²) in [5, 5.41) is 12.5. The van der Waals surface area contributed by atoms with Crippen LogP contribution in [-0.2, 0) is 9.53 Å². The third-order valence-corrected chi connectivity index (χ3v) is 5.28. The van der Waals surface area contributed by atoms with Gasteiger partial charge in [0, 0.05) is 6.04 Å². The van der Waals surface area contributed by atoms with E-state index in [1.54, 1.807) is 12.1 Å². The van der Waals surface area contributed by atoms with E-state index < -0.39 is 5.97 Å². The second kappa shape index (κ2) is 6.60. The summed E-state index contributed by atoms with van der Waals surface area (Å²) in [6.07, 6.45) is 5.11. The molecule has 0 aromatic heterocycles. The lowest BCUT2D eigenvalue weighted by molar-refractivity contribution is -0.125. The van der Waals surface area contributed by atoms with Crippen LogP contribution in [0.3, 0.4) is 0 Å². The summed E-state index contributed by atoms with van der Waals surface area (Å²) in [5.41, 5.74) is 0.0708. The molecule has 2 saturated carbocycles. The Morgan fingerprint density at radius 3 is 2.74 bits per heavy atom. The average molecular weight is 317 g/mol. The fraction of sp³-hybridized carbons (Fsp3) is 0.556. The quantitative estimate of drug-likeness (QED) is 0.818. The fourth-order valence-electron chi connectivity index (χ4n) is 4.16. The van der Waals surface area contributed by atoms with Crippen LogP contribution in [0.15, 0.2) is 24.3 Å². The molecule has 2 aliphatic carbocycles. The Bertz CT molecular complexity index is 600. The minimum Gasteiger partial charge on any atom is -0.507 e. The number of benzene rings is 1. The van der Waals surface area contributed by atoms with E-state index in [0.29, 0.717) is 5.92 Å². The standard InChI is InChI=1S/C18H23NO4/c1-11(15-9-12-6-7-13(15)8-12)19-17(21)10-23-18(22)14-4-2-3-5-16(14)20/h2-5,11-13,15,20H,6-10H2,1H3,(H,19,21)/t11-,12-,13-,15-/m0/s1. The third kappa shape index (κ3) is 3.49. The number of hydrogen-bond donors (Lipinski definition) is 2. The molecular weight excluding hydrogens is 294 g/mol. The van der Waals surface area contributed by atoms with Crippen LogP contribution in [0, 0.1) is 17.8 Å². The summed E-state index contributed by atoms with van der Waals surface area (Å²) in [4.78, 5) is 23.8. The number of para-hydroxylation sites is 1. The minimum absolute atomic E-state index is 0.0708. The monoisotopic (exact) mass is 317 g/mol. The second-order valence-electron chi connectivity index (χ2n) is 6.79. The van der Waals surface area contributed by atoms with Gasteiger partial charge in [-0.2, -0.15) is 0 Å². The van der Waals surface area contributed by atoms with Crippen molar-refractivity contribution in [3.63, 3.8) is 0 Å². The highest BCUT2D eigenvalue weighted by Gasteiger charge is 2.42. The SMILES string of the molecule is C[C@H](NC(=O)COC(=O)c1ccccc1O)[C@@H]1C[C@H]2CC[C@H]1C2. The Balaban J connectivity index is 1.46. The van der Waals surface area contributed by atoms with Crippen molar-refractivity contribution in [1.29, 1.82) is 0 Å². The highest BCUT2D eigenvalue weighted by atomic mass is 16.5. The lowest BCUT2D eigenvalue weighted by atomic mass is 9.84. The topological polar surface area (TPSA) is 75.6 Å². The molecule has 0 heterocycles. The van der Waals surface area contributed by atoms with Gasteiger partial charge in [0.2, 0.25) is 0 Å². The number of amides is 1. The van der Waals surface area contributed by atoms with Crippen LogP contribution in [0.1, 0.15) is 43.0 Å². The van der Waals surface area contributed by atoms with E-state index in [1.165, 1.54) is 37.8 Å². The molecule has 2 fully saturated rings. The molecule has 124 valence electrons. The Morgan fingerprint density at radius 1 is 1.30 bits per heavy atom. The predicted molar refractivity (Wildman–Crippen MR) is 84.9 cm³/mol.